The fourth-order valence-electron chi connectivity index (χ4n) is 3.45. The molecule has 2 aliphatic carbocycles. The van der Waals surface area contributed by atoms with Crippen LogP contribution in [0.1, 0.15) is 37.7 Å². The molecule has 0 saturated heterocycles. The zero-order chi connectivity index (χ0) is 19.8. The summed E-state index contributed by atoms with van der Waals surface area (Å²) in [7, 11) is 0. The van der Waals surface area contributed by atoms with Gasteiger partial charge in [0.05, 0.1) is 18.5 Å². The van der Waals surface area contributed by atoms with Crippen LogP contribution in [-0.2, 0) is 5.67 Å². The monoisotopic (exact) mass is 398 g/mol. The molecule has 8 nitrogen and oxygen atoms in total. The highest BCUT2D eigenvalue weighted by Gasteiger charge is 2.48. The largest absolute Gasteiger partial charge is 0.491 e. The van der Waals surface area contributed by atoms with E-state index in [2.05, 4.69) is 20.1 Å². The van der Waals surface area contributed by atoms with Gasteiger partial charge in [0, 0.05) is 25.1 Å². The Hall–Kier alpha value is -3.23. The molecule has 150 valence electrons. The van der Waals surface area contributed by atoms with Crippen LogP contribution in [0.3, 0.4) is 0 Å². The molecule has 5 rings (SSSR count). The lowest BCUT2D eigenvalue weighted by atomic mass is 9.74. The Morgan fingerprint density at radius 1 is 1.03 bits per heavy atom. The third-order valence-electron chi connectivity index (χ3n) is 5.36. The molecule has 29 heavy (non-hydrogen) atoms. The van der Waals surface area contributed by atoms with E-state index in [1.54, 1.807) is 18.3 Å². The highest BCUT2D eigenvalue weighted by molar-refractivity contribution is 5.51. The first-order chi connectivity index (χ1) is 14.1. The van der Waals surface area contributed by atoms with Crippen LogP contribution in [0.4, 0.5) is 4.39 Å². The van der Waals surface area contributed by atoms with Crippen LogP contribution in [0.25, 0.3) is 11.5 Å². The molecule has 0 aliphatic heterocycles. The van der Waals surface area contributed by atoms with Crippen LogP contribution in [0, 0.1) is 0 Å². The van der Waals surface area contributed by atoms with Crippen molar-refractivity contribution in [3.8, 4) is 29.1 Å². The minimum atomic E-state index is -1.46. The lowest BCUT2D eigenvalue weighted by Crippen LogP contribution is -2.44. The second-order valence-corrected chi connectivity index (χ2v) is 7.46. The zero-order valence-corrected chi connectivity index (χ0v) is 15.5. The number of halogens is 1. The molecule has 1 N–H and O–H groups in total. The summed E-state index contributed by atoms with van der Waals surface area (Å²) in [5, 5.41) is 12.6. The lowest BCUT2D eigenvalue weighted by molar-refractivity contribution is -0.0490. The van der Waals surface area contributed by atoms with Gasteiger partial charge in [-0.25, -0.2) is 19.3 Å². The average Bonchev–Trinajstić information content (AvgIpc) is 3.10. The number of ether oxygens (including phenoxy) is 2. The minimum absolute atomic E-state index is 0.202. The molecule has 3 aromatic heterocycles. The van der Waals surface area contributed by atoms with Crippen molar-refractivity contribution in [3.63, 3.8) is 0 Å². The summed E-state index contributed by atoms with van der Waals surface area (Å²) in [4.78, 5) is 12.5. The SMILES string of the molecule is Oc1cc(-c2cnc(OC3CC(F)(c4ccnc(OC5CCC5)c4)C3)cn2)on1. The first kappa shape index (κ1) is 17.8. The van der Waals surface area contributed by atoms with E-state index in [0.29, 0.717) is 28.8 Å². The van der Waals surface area contributed by atoms with E-state index in [0.717, 1.165) is 12.8 Å². The number of hydrogen-bond acceptors (Lipinski definition) is 8. The van der Waals surface area contributed by atoms with E-state index < -0.39 is 5.67 Å². The summed E-state index contributed by atoms with van der Waals surface area (Å²) < 4.78 is 31.7. The summed E-state index contributed by atoms with van der Waals surface area (Å²) in [6, 6.07) is 4.72. The summed E-state index contributed by atoms with van der Waals surface area (Å²) in [5.74, 6) is 0.848. The summed E-state index contributed by atoms with van der Waals surface area (Å²) >= 11 is 0. The van der Waals surface area contributed by atoms with Crippen molar-refractivity contribution >= 4 is 0 Å². The van der Waals surface area contributed by atoms with Gasteiger partial charge >= 0.3 is 0 Å². The number of alkyl halides is 1. The van der Waals surface area contributed by atoms with Gasteiger partial charge in [-0.05, 0) is 36.0 Å². The maximum Gasteiger partial charge on any atom is 0.252 e. The van der Waals surface area contributed by atoms with Crippen molar-refractivity contribution in [1.29, 1.82) is 0 Å². The van der Waals surface area contributed by atoms with Crippen LogP contribution < -0.4 is 9.47 Å². The molecular weight excluding hydrogens is 379 g/mol. The molecule has 0 aromatic carbocycles. The fraction of sp³-hybridized carbons (Fsp3) is 0.400. The molecule has 0 spiro atoms. The number of pyridine rings is 1. The second-order valence-electron chi connectivity index (χ2n) is 7.46. The number of aromatic nitrogens is 4. The summed E-state index contributed by atoms with van der Waals surface area (Å²) in [5.41, 5.74) is -0.488. The van der Waals surface area contributed by atoms with E-state index in [1.165, 1.54) is 24.9 Å². The van der Waals surface area contributed by atoms with E-state index in [4.69, 9.17) is 14.0 Å². The van der Waals surface area contributed by atoms with E-state index in [1.807, 2.05) is 0 Å². The number of aromatic hydroxyl groups is 1. The quantitative estimate of drug-likeness (QED) is 0.672. The number of hydrogen-bond donors (Lipinski definition) is 1. The third-order valence-corrected chi connectivity index (χ3v) is 5.36. The van der Waals surface area contributed by atoms with Gasteiger partial charge in [0.15, 0.2) is 5.76 Å². The first-order valence-electron chi connectivity index (χ1n) is 9.54. The van der Waals surface area contributed by atoms with Gasteiger partial charge in [-0.1, -0.05) is 0 Å². The first-order valence-corrected chi connectivity index (χ1v) is 9.54. The summed E-state index contributed by atoms with van der Waals surface area (Å²) in [6.07, 6.45) is 8.05. The van der Waals surface area contributed by atoms with Gasteiger partial charge in [-0.3, -0.25) is 0 Å². The van der Waals surface area contributed by atoms with Crippen LogP contribution in [-0.4, -0.2) is 37.4 Å². The van der Waals surface area contributed by atoms with Gasteiger partial charge in [-0.15, -0.1) is 0 Å². The maximum atomic E-state index is 15.3. The van der Waals surface area contributed by atoms with E-state index in [9.17, 15) is 5.11 Å². The van der Waals surface area contributed by atoms with Crippen molar-refractivity contribution < 1.29 is 23.5 Å². The highest BCUT2D eigenvalue weighted by Crippen LogP contribution is 2.47. The molecule has 0 atom stereocenters. The van der Waals surface area contributed by atoms with Gasteiger partial charge in [-0.2, -0.15) is 0 Å². The Morgan fingerprint density at radius 2 is 1.86 bits per heavy atom. The Morgan fingerprint density at radius 3 is 2.52 bits per heavy atom. The average molecular weight is 398 g/mol. The summed E-state index contributed by atoms with van der Waals surface area (Å²) in [6.45, 7) is 0. The van der Waals surface area contributed by atoms with Crippen LogP contribution >= 0.6 is 0 Å². The van der Waals surface area contributed by atoms with Crippen molar-refractivity contribution in [2.75, 3.05) is 0 Å². The standard InChI is InChI=1S/C20H19FN4O4/c21-20(12-4-5-22-18(6-12)27-13-2-1-3-13)8-14(9-20)28-19-11-23-15(10-24-19)16-7-17(26)25-29-16/h4-7,10-11,13-14H,1-3,8-9H2,(H,25,26). The molecule has 0 unspecified atom stereocenters. The smallest absolute Gasteiger partial charge is 0.252 e. The minimum Gasteiger partial charge on any atom is -0.491 e. The Balaban J connectivity index is 1.19. The Kier molecular flexibility index (Phi) is 4.30. The fourth-order valence-corrected chi connectivity index (χ4v) is 3.45. The zero-order valence-electron chi connectivity index (χ0n) is 15.5. The van der Waals surface area contributed by atoms with Crippen LogP contribution in [0.5, 0.6) is 17.6 Å². The number of rotatable bonds is 6. The van der Waals surface area contributed by atoms with Gasteiger partial charge in [0.2, 0.25) is 11.8 Å². The molecule has 3 heterocycles. The highest BCUT2D eigenvalue weighted by atomic mass is 19.1. The molecule has 2 aliphatic rings. The van der Waals surface area contributed by atoms with Crippen molar-refractivity contribution in [2.24, 2.45) is 0 Å². The van der Waals surface area contributed by atoms with Crippen LogP contribution in [0.15, 0.2) is 41.3 Å². The Bertz CT molecular complexity index is 1000. The predicted octanol–water partition coefficient (Wildman–Crippen LogP) is 3.57. The van der Waals surface area contributed by atoms with Crippen molar-refractivity contribution in [2.45, 2.75) is 50.0 Å². The lowest BCUT2D eigenvalue weighted by Gasteiger charge is -2.41. The van der Waals surface area contributed by atoms with Gasteiger partial charge in [0.1, 0.15) is 23.6 Å². The molecule has 9 heteroatoms. The van der Waals surface area contributed by atoms with E-state index >= 15 is 4.39 Å². The van der Waals surface area contributed by atoms with Crippen molar-refractivity contribution in [3.05, 3.63) is 42.4 Å². The molecule has 2 saturated carbocycles. The van der Waals surface area contributed by atoms with E-state index in [-0.39, 0.29) is 30.9 Å². The molecule has 0 radical (unpaired) electrons. The third kappa shape index (κ3) is 3.59. The van der Waals surface area contributed by atoms with Gasteiger partial charge in [0.25, 0.3) is 5.88 Å². The van der Waals surface area contributed by atoms with Crippen molar-refractivity contribution in [1.82, 2.24) is 20.1 Å². The topological polar surface area (TPSA) is 103 Å². The predicted molar refractivity (Wildman–Crippen MR) is 98.1 cm³/mol. The normalized spacial score (nSPS) is 23.8. The second kappa shape index (κ2) is 6.98. The molecule has 2 fully saturated rings. The van der Waals surface area contributed by atoms with Crippen LogP contribution in [0.2, 0.25) is 0 Å². The Labute approximate surface area is 165 Å². The molecule has 0 amide bonds. The molecule has 3 aromatic rings. The number of nitrogens with zero attached hydrogens (tertiary/aromatic N) is 4. The maximum absolute atomic E-state index is 15.3. The molecule has 0 bridgehead atoms. The van der Waals surface area contributed by atoms with Gasteiger partial charge < -0.3 is 19.1 Å². The molecular formula is C20H19FN4O4.